The molecule has 0 radical (unpaired) electrons. The lowest BCUT2D eigenvalue weighted by atomic mass is 9.68. The molecule has 1 atom stereocenters. The van der Waals surface area contributed by atoms with Gasteiger partial charge in [-0.1, -0.05) is 36.8 Å². The normalized spacial score (nSPS) is 30.0. The van der Waals surface area contributed by atoms with Gasteiger partial charge in [0.15, 0.2) is 12.0 Å². The van der Waals surface area contributed by atoms with Crippen molar-refractivity contribution in [3.63, 3.8) is 0 Å². The van der Waals surface area contributed by atoms with E-state index in [9.17, 15) is 5.11 Å². The third-order valence-corrected chi connectivity index (χ3v) is 9.23. The number of aliphatic hydroxyl groups is 1. The molecule has 7 nitrogen and oxygen atoms in total. The van der Waals surface area contributed by atoms with E-state index in [1.165, 1.54) is 24.8 Å². The quantitative estimate of drug-likeness (QED) is 0.603. The molecule has 0 amide bonds. The van der Waals surface area contributed by atoms with Crippen molar-refractivity contribution in [2.45, 2.75) is 69.3 Å². The van der Waals surface area contributed by atoms with E-state index in [1.807, 2.05) is 29.9 Å². The number of rotatable bonds is 5. The standard InChI is InChI=1S/C28H38N6O/c1-21-17-32-19-25(29-16-24(32)30-21)33-20-27(34(26(33)35)18-22-8-7-9-22)12-14-28(15-13-27,31(2)3)23-10-5-4-6-11-23/h4-6,10-11,16-17,19,22,26,35H,7-9,12-15,18,20H2,1-3H3. The van der Waals surface area contributed by atoms with Gasteiger partial charge in [-0.05, 0) is 71.0 Å². The van der Waals surface area contributed by atoms with Crippen molar-refractivity contribution in [2.75, 3.05) is 32.1 Å². The molecular weight excluding hydrogens is 436 g/mol. The lowest BCUT2D eigenvalue weighted by Crippen LogP contribution is -2.57. The molecule has 1 unspecified atom stereocenters. The largest absolute Gasteiger partial charge is 0.361 e. The highest BCUT2D eigenvalue weighted by Crippen LogP contribution is 2.50. The van der Waals surface area contributed by atoms with Crippen LogP contribution in [-0.4, -0.2) is 68.4 Å². The van der Waals surface area contributed by atoms with E-state index in [2.05, 4.69) is 64.1 Å². The van der Waals surface area contributed by atoms with E-state index in [0.717, 1.165) is 55.9 Å². The van der Waals surface area contributed by atoms with Crippen LogP contribution < -0.4 is 4.90 Å². The zero-order valence-corrected chi connectivity index (χ0v) is 21.3. The average molecular weight is 475 g/mol. The van der Waals surface area contributed by atoms with E-state index < -0.39 is 6.35 Å². The number of benzene rings is 1. The molecular formula is C28H38N6O. The maximum Gasteiger partial charge on any atom is 0.188 e. The summed E-state index contributed by atoms with van der Waals surface area (Å²) in [5, 5.41) is 11.7. The Bertz CT molecular complexity index is 1180. The van der Waals surface area contributed by atoms with Gasteiger partial charge >= 0.3 is 0 Å². The van der Waals surface area contributed by atoms with Crippen LogP contribution in [0.1, 0.15) is 56.2 Å². The number of nitrogens with zero attached hydrogens (tertiary/aromatic N) is 6. The van der Waals surface area contributed by atoms with Crippen LogP contribution in [0, 0.1) is 12.8 Å². The molecule has 3 aliphatic rings. The number of imidazole rings is 1. The highest BCUT2D eigenvalue weighted by Gasteiger charge is 2.55. The Labute approximate surface area is 208 Å². The van der Waals surface area contributed by atoms with Crippen molar-refractivity contribution in [1.29, 1.82) is 0 Å². The molecule has 7 heteroatoms. The van der Waals surface area contributed by atoms with Gasteiger partial charge in [-0.25, -0.2) is 9.97 Å². The monoisotopic (exact) mass is 474 g/mol. The highest BCUT2D eigenvalue weighted by atomic mass is 16.3. The maximum atomic E-state index is 11.7. The molecule has 2 aromatic heterocycles. The zero-order chi connectivity index (χ0) is 24.2. The number of hydrogen-bond donors (Lipinski definition) is 1. The van der Waals surface area contributed by atoms with Crippen LogP contribution in [0.5, 0.6) is 0 Å². The predicted octanol–water partition coefficient (Wildman–Crippen LogP) is 4.01. The van der Waals surface area contributed by atoms with Crippen LogP contribution in [0.3, 0.4) is 0 Å². The number of fused-ring (bicyclic) bond motifs is 1. The minimum atomic E-state index is -0.645. The van der Waals surface area contributed by atoms with E-state index in [4.69, 9.17) is 4.98 Å². The Morgan fingerprint density at radius 1 is 1.06 bits per heavy atom. The van der Waals surface area contributed by atoms with Gasteiger partial charge in [-0.2, -0.15) is 0 Å². The van der Waals surface area contributed by atoms with E-state index in [0.29, 0.717) is 5.92 Å². The molecule has 1 N–H and O–H groups in total. The van der Waals surface area contributed by atoms with Gasteiger partial charge < -0.3 is 14.4 Å². The molecule has 1 saturated heterocycles. The number of aliphatic hydroxyl groups excluding tert-OH is 1. The summed E-state index contributed by atoms with van der Waals surface area (Å²) in [6, 6.07) is 11.0. The van der Waals surface area contributed by atoms with Crippen molar-refractivity contribution in [3.05, 3.63) is 60.2 Å². The Morgan fingerprint density at radius 2 is 1.80 bits per heavy atom. The van der Waals surface area contributed by atoms with Crippen LogP contribution in [0.4, 0.5) is 5.82 Å². The van der Waals surface area contributed by atoms with Crippen LogP contribution >= 0.6 is 0 Å². The first-order valence-corrected chi connectivity index (χ1v) is 13.2. The molecule has 0 bridgehead atoms. The minimum Gasteiger partial charge on any atom is -0.361 e. The first-order chi connectivity index (χ1) is 16.9. The van der Waals surface area contributed by atoms with Crippen molar-refractivity contribution < 1.29 is 5.11 Å². The Kier molecular flexibility index (Phi) is 5.62. The Hall–Kier alpha value is -2.48. The second-order valence-electron chi connectivity index (χ2n) is 11.3. The molecule has 2 aliphatic carbocycles. The molecule has 3 aromatic rings. The highest BCUT2D eigenvalue weighted by molar-refractivity contribution is 5.47. The van der Waals surface area contributed by atoms with Gasteiger partial charge in [0.05, 0.1) is 18.1 Å². The maximum absolute atomic E-state index is 11.7. The SMILES string of the molecule is Cc1cn2cc(N3CC4(CCC(c5ccccc5)(N(C)C)CC4)N(CC4CCC4)C3O)ncc2n1. The van der Waals surface area contributed by atoms with Gasteiger partial charge in [-0.3, -0.25) is 9.80 Å². The number of anilines is 1. The average Bonchev–Trinajstić information content (AvgIpc) is 3.33. The Morgan fingerprint density at radius 3 is 2.46 bits per heavy atom. The van der Waals surface area contributed by atoms with Crippen molar-refractivity contribution in [2.24, 2.45) is 5.92 Å². The lowest BCUT2D eigenvalue weighted by Gasteiger charge is -2.52. The second kappa shape index (κ2) is 8.57. The predicted molar refractivity (Wildman–Crippen MR) is 138 cm³/mol. The molecule has 35 heavy (non-hydrogen) atoms. The van der Waals surface area contributed by atoms with Crippen molar-refractivity contribution in [3.8, 4) is 0 Å². The molecule has 6 rings (SSSR count). The Balaban J connectivity index is 1.32. The van der Waals surface area contributed by atoms with Gasteiger partial charge in [0.2, 0.25) is 0 Å². The lowest BCUT2D eigenvalue weighted by molar-refractivity contribution is -0.0661. The van der Waals surface area contributed by atoms with Crippen LogP contribution in [0.2, 0.25) is 0 Å². The fourth-order valence-corrected chi connectivity index (χ4v) is 6.82. The van der Waals surface area contributed by atoms with Gasteiger partial charge in [0.25, 0.3) is 0 Å². The van der Waals surface area contributed by atoms with Crippen molar-refractivity contribution in [1.82, 2.24) is 24.2 Å². The van der Waals surface area contributed by atoms with Gasteiger partial charge in [0, 0.05) is 30.4 Å². The molecule has 3 heterocycles. The summed E-state index contributed by atoms with van der Waals surface area (Å²) in [5.74, 6) is 1.52. The molecule has 2 saturated carbocycles. The van der Waals surface area contributed by atoms with Crippen molar-refractivity contribution >= 4 is 11.5 Å². The zero-order valence-electron chi connectivity index (χ0n) is 21.3. The summed E-state index contributed by atoms with van der Waals surface area (Å²) in [5.41, 5.74) is 3.23. The number of aryl methyl sites for hydroxylation is 1. The summed E-state index contributed by atoms with van der Waals surface area (Å²) < 4.78 is 2.03. The fraction of sp³-hybridized carbons (Fsp3) is 0.571. The third kappa shape index (κ3) is 3.76. The van der Waals surface area contributed by atoms with Crippen LogP contribution in [-0.2, 0) is 5.54 Å². The second-order valence-corrected chi connectivity index (χ2v) is 11.3. The topological polar surface area (TPSA) is 60.1 Å². The van der Waals surface area contributed by atoms with E-state index in [1.54, 1.807) is 0 Å². The molecule has 1 aliphatic heterocycles. The van der Waals surface area contributed by atoms with Gasteiger partial charge in [0.1, 0.15) is 5.82 Å². The number of hydrogen-bond acceptors (Lipinski definition) is 6. The summed E-state index contributed by atoms with van der Waals surface area (Å²) in [6.07, 6.45) is 13.4. The summed E-state index contributed by atoms with van der Waals surface area (Å²) in [4.78, 5) is 16.2. The third-order valence-electron chi connectivity index (χ3n) is 9.23. The first kappa shape index (κ1) is 23.0. The molecule has 186 valence electrons. The van der Waals surface area contributed by atoms with Crippen LogP contribution in [0.15, 0.2) is 48.9 Å². The first-order valence-electron chi connectivity index (χ1n) is 13.2. The fourth-order valence-electron chi connectivity index (χ4n) is 6.82. The van der Waals surface area contributed by atoms with Crippen LogP contribution in [0.25, 0.3) is 5.65 Å². The minimum absolute atomic E-state index is 0.0369. The summed E-state index contributed by atoms with van der Waals surface area (Å²) in [7, 11) is 4.44. The number of aromatic nitrogens is 3. The van der Waals surface area contributed by atoms with E-state index in [-0.39, 0.29) is 11.1 Å². The smallest absolute Gasteiger partial charge is 0.188 e. The molecule has 3 fully saturated rings. The summed E-state index contributed by atoms with van der Waals surface area (Å²) >= 11 is 0. The summed E-state index contributed by atoms with van der Waals surface area (Å²) in [6.45, 7) is 3.79. The molecule has 1 aromatic carbocycles. The molecule has 1 spiro atoms. The van der Waals surface area contributed by atoms with E-state index >= 15 is 0 Å². The van der Waals surface area contributed by atoms with Gasteiger partial charge in [-0.15, -0.1) is 0 Å².